The van der Waals surface area contributed by atoms with Crippen molar-refractivity contribution in [2.24, 2.45) is 0 Å². The Morgan fingerprint density at radius 1 is 1.07 bits per heavy atom. The normalized spacial score (nSPS) is 12.3. The van der Waals surface area contributed by atoms with Gasteiger partial charge in [-0.25, -0.2) is 8.42 Å². The van der Waals surface area contributed by atoms with Gasteiger partial charge < -0.3 is 10.1 Å². The number of anilines is 1. The third kappa shape index (κ3) is 6.76. The van der Waals surface area contributed by atoms with Crippen LogP contribution in [-0.2, 0) is 21.2 Å². The van der Waals surface area contributed by atoms with Crippen LogP contribution in [-0.4, -0.2) is 34.2 Å². The number of aryl methyl sites for hydroxylation is 1. The number of carbonyl (C=O) groups is 1. The summed E-state index contributed by atoms with van der Waals surface area (Å²) in [6.07, 6.45) is 3.54. The quantitative estimate of drug-likeness (QED) is 0.581. The summed E-state index contributed by atoms with van der Waals surface area (Å²) in [5, 5.41) is 3.04. The van der Waals surface area contributed by atoms with Gasteiger partial charge in [0.15, 0.2) is 0 Å². The summed E-state index contributed by atoms with van der Waals surface area (Å²) in [4.78, 5) is 12.5. The minimum absolute atomic E-state index is 0.0870. The molecule has 0 spiro atoms. The highest BCUT2D eigenvalue weighted by atomic mass is 32.2. The maximum atomic E-state index is 12.5. The zero-order valence-corrected chi connectivity index (χ0v) is 19.0. The zero-order valence-electron chi connectivity index (χ0n) is 18.2. The van der Waals surface area contributed by atoms with E-state index in [9.17, 15) is 13.2 Å². The Kier molecular flexibility index (Phi) is 8.72. The monoisotopic (exact) mass is 432 g/mol. The van der Waals surface area contributed by atoms with Crippen LogP contribution in [0.1, 0.15) is 50.3 Å². The lowest BCUT2D eigenvalue weighted by atomic mass is 10.0. The van der Waals surface area contributed by atoms with Crippen LogP contribution in [0, 0.1) is 0 Å². The van der Waals surface area contributed by atoms with Crippen LogP contribution >= 0.6 is 0 Å². The predicted molar refractivity (Wildman–Crippen MR) is 121 cm³/mol. The molecule has 0 aromatic heterocycles. The average Bonchev–Trinajstić information content (AvgIpc) is 2.74. The van der Waals surface area contributed by atoms with Gasteiger partial charge in [-0.15, -0.1) is 0 Å². The van der Waals surface area contributed by atoms with Gasteiger partial charge in [0.05, 0.1) is 25.1 Å². The molecule has 0 heterocycles. The molecule has 0 bridgehead atoms. The van der Waals surface area contributed by atoms with Gasteiger partial charge in [0.25, 0.3) is 0 Å². The highest BCUT2D eigenvalue weighted by Crippen LogP contribution is 2.21. The maximum Gasteiger partial charge on any atom is 0.232 e. The lowest BCUT2D eigenvalue weighted by Gasteiger charge is -2.23. The number of hydrogen-bond donors (Lipinski definition) is 1. The molecule has 6 nitrogen and oxygen atoms in total. The fourth-order valence-corrected chi connectivity index (χ4v) is 4.26. The second kappa shape index (κ2) is 11.0. The van der Waals surface area contributed by atoms with Crippen LogP contribution in [0.2, 0.25) is 0 Å². The molecule has 0 aliphatic carbocycles. The molecule has 2 rings (SSSR count). The molecular formula is C23H32N2O4S. The van der Waals surface area contributed by atoms with E-state index in [-0.39, 0.29) is 24.9 Å². The average molecular weight is 433 g/mol. The van der Waals surface area contributed by atoms with Gasteiger partial charge in [-0.05, 0) is 54.7 Å². The number of sulfonamides is 1. The number of benzene rings is 2. The second-order valence-electron chi connectivity index (χ2n) is 7.26. The van der Waals surface area contributed by atoms with Crippen molar-refractivity contribution in [2.45, 2.75) is 45.6 Å². The molecule has 0 fully saturated rings. The summed E-state index contributed by atoms with van der Waals surface area (Å²) in [6, 6.07) is 15.0. The number of carbonyl (C=O) groups excluding carboxylic acids is 1. The molecule has 2 aromatic carbocycles. The highest BCUT2D eigenvalue weighted by molar-refractivity contribution is 7.92. The summed E-state index contributed by atoms with van der Waals surface area (Å²) < 4.78 is 31.0. The van der Waals surface area contributed by atoms with E-state index < -0.39 is 10.0 Å². The van der Waals surface area contributed by atoms with Crippen molar-refractivity contribution in [1.29, 1.82) is 0 Å². The van der Waals surface area contributed by atoms with E-state index in [0.29, 0.717) is 12.1 Å². The third-order valence-corrected chi connectivity index (χ3v) is 6.25. The SMILES string of the molecule is CCc1ccc(N(CCCC(=O)N[C@H](CC)c2ccc(OC)cc2)S(C)(=O)=O)cc1. The summed E-state index contributed by atoms with van der Waals surface area (Å²) >= 11 is 0. The van der Waals surface area contributed by atoms with Gasteiger partial charge in [0, 0.05) is 13.0 Å². The first kappa shape index (κ1) is 23.7. The van der Waals surface area contributed by atoms with Crippen molar-refractivity contribution < 1.29 is 17.9 Å². The predicted octanol–water partition coefficient (Wildman–Crippen LogP) is 4.07. The number of rotatable bonds is 11. The Hall–Kier alpha value is -2.54. The van der Waals surface area contributed by atoms with Crippen molar-refractivity contribution >= 4 is 21.6 Å². The molecule has 2 aromatic rings. The first-order valence-electron chi connectivity index (χ1n) is 10.3. The van der Waals surface area contributed by atoms with E-state index in [4.69, 9.17) is 4.74 Å². The fourth-order valence-electron chi connectivity index (χ4n) is 3.29. The molecule has 0 unspecified atom stereocenters. The summed E-state index contributed by atoms with van der Waals surface area (Å²) in [5.74, 6) is 0.681. The minimum Gasteiger partial charge on any atom is -0.497 e. The Morgan fingerprint density at radius 3 is 2.20 bits per heavy atom. The van der Waals surface area contributed by atoms with Crippen molar-refractivity contribution in [3.63, 3.8) is 0 Å². The maximum absolute atomic E-state index is 12.5. The lowest BCUT2D eigenvalue weighted by molar-refractivity contribution is -0.121. The number of nitrogens with one attached hydrogen (secondary N) is 1. The van der Waals surface area contributed by atoms with Crippen molar-refractivity contribution in [3.8, 4) is 5.75 Å². The molecular weight excluding hydrogens is 400 g/mol. The standard InChI is InChI=1S/C23H32N2O4S/c1-5-18-9-13-20(14-10-18)25(30(4,27)28)17-7-8-23(26)24-22(6-2)19-11-15-21(29-3)16-12-19/h9-16,22H,5-8,17H2,1-4H3,(H,24,26)/t22-/m1/s1. The van der Waals surface area contributed by atoms with Gasteiger partial charge in [-0.3, -0.25) is 9.10 Å². The summed E-state index contributed by atoms with van der Waals surface area (Å²) in [7, 11) is -1.81. The molecule has 0 radical (unpaired) electrons. The molecule has 0 aliphatic rings. The van der Waals surface area contributed by atoms with Crippen molar-refractivity contribution in [3.05, 3.63) is 59.7 Å². The third-order valence-electron chi connectivity index (χ3n) is 5.06. The van der Waals surface area contributed by atoms with Crippen LogP contribution in [0.3, 0.4) is 0 Å². The van der Waals surface area contributed by atoms with Crippen LogP contribution in [0.4, 0.5) is 5.69 Å². The summed E-state index contributed by atoms with van der Waals surface area (Å²) in [6.45, 7) is 4.33. The molecule has 1 atom stereocenters. The molecule has 1 amide bonds. The Balaban J connectivity index is 1.95. The molecule has 164 valence electrons. The van der Waals surface area contributed by atoms with E-state index in [1.165, 1.54) is 10.6 Å². The summed E-state index contributed by atoms with van der Waals surface area (Å²) in [5.41, 5.74) is 2.79. The van der Waals surface area contributed by atoms with Crippen LogP contribution in [0.25, 0.3) is 0 Å². The van der Waals surface area contributed by atoms with Gasteiger partial charge in [0.2, 0.25) is 15.9 Å². The smallest absolute Gasteiger partial charge is 0.232 e. The highest BCUT2D eigenvalue weighted by Gasteiger charge is 2.18. The van der Waals surface area contributed by atoms with E-state index in [1.54, 1.807) is 7.11 Å². The molecule has 7 heteroatoms. The molecule has 0 saturated heterocycles. The van der Waals surface area contributed by atoms with Gasteiger partial charge >= 0.3 is 0 Å². The number of nitrogens with zero attached hydrogens (tertiary/aromatic N) is 1. The van der Waals surface area contributed by atoms with Crippen molar-refractivity contribution in [2.75, 3.05) is 24.2 Å². The molecule has 0 saturated carbocycles. The fraction of sp³-hybridized carbons (Fsp3) is 0.435. The Bertz CT molecular complexity index is 909. The van der Waals surface area contributed by atoms with Gasteiger partial charge in [-0.1, -0.05) is 38.1 Å². The number of ether oxygens (including phenoxy) is 1. The number of hydrogen-bond acceptors (Lipinski definition) is 4. The van der Waals surface area contributed by atoms with E-state index in [0.717, 1.165) is 29.7 Å². The number of methoxy groups -OCH3 is 1. The van der Waals surface area contributed by atoms with Crippen molar-refractivity contribution in [1.82, 2.24) is 5.32 Å². The Labute approximate surface area is 180 Å². The van der Waals surface area contributed by atoms with E-state index in [2.05, 4.69) is 12.2 Å². The lowest BCUT2D eigenvalue weighted by Crippen LogP contribution is -2.33. The zero-order chi connectivity index (χ0) is 22.1. The first-order chi connectivity index (χ1) is 14.3. The topological polar surface area (TPSA) is 75.7 Å². The van der Waals surface area contributed by atoms with E-state index in [1.807, 2.05) is 55.5 Å². The van der Waals surface area contributed by atoms with E-state index >= 15 is 0 Å². The van der Waals surface area contributed by atoms with Crippen LogP contribution in [0.5, 0.6) is 5.75 Å². The van der Waals surface area contributed by atoms with Crippen LogP contribution in [0.15, 0.2) is 48.5 Å². The largest absolute Gasteiger partial charge is 0.497 e. The first-order valence-corrected chi connectivity index (χ1v) is 12.1. The number of amides is 1. The molecule has 30 heavy (non-hydrogen) atoms. The molecule has 0 aliphatic heterocycles. The Morgan fingerprint density at radius 2 is 1.70 bits per heavy atom. The van der Waals surface area contributed by atoms with Crippen LogP contribution < -0.4 is 14.4 Å². The van der Waals surface area contributed by atoms with Gasteiger partial charge in [-0.2, -0.15) is 0 Å². The second-order valence-corrected chi connectivity index (χ2v) is 9.17. The van der Waals surface area contributed by atoms with Gasteiger partial charge in [0.1, 0.15) is 5.75 Å². The molecule has 1 N–H and O–H groups in total. The minimum atomic E-state index is -3.42.